The Hall–Kier alpha value is -2.94. The van der Waals surface area contributed by atoms with Crippen LogP contribution >= 0.6 is 11.6 Å². The van der Waals surface area contributed by atoms with Crippen molar-refractivity contribution < 1.29 is 32.2 Å². The summed E-state index contributed by atoms with van der Waals surface area (Å²) in [7, 11) is 0. The molecule has 0 heterocycles. The van der Waals surface area contributed by atoms with Crippen LogP contribution < -0.4 is 20.1 Å². The molecule has 2 aromatic carbocycles. The number of halogens is 4. The van der Waals surface area contributed by atoms with Crippen molar-refractivity contribution in [1.82, 2.24) is 10.6 Å². The number of hydrogen-bond acceptors (Lipinski definition) is 4. The van der Waals surface area contributed by atoms with Crippen LogP contribution in [0.4, 0.5) is 13.2 Å². The number of nitrogens with one attached hydrogen (secondary N) is 2. The van der Waals surface area contributed by atoms with E-state index in [2.05, 4.69) is 10.6 Å². The second-order valence-electron chi connectivity index (χ2n) is 7.74. The van der Waals surface area contributed by atoms with Gasteiger partial charge in [0.25, 0.3) is 11.8 Å². The van der Waals surface area contributed by atoms with E-state index >= 15 is 0 Å². The topological polar surface area (TPSA) is 76.7 Å². The molecule has 0 aliphatic heterocycles. The van der Waals surface area contributed by atoms with E-state index in [0.29, 0.717) is 36.5 Å². The molecule has 1 aliphatic rings. The molecule has 0 radical (unpaired) electrons. The molecule has 6 nitrogen and oxygen atoms in total. The predicted molar refractivity (Wildman–Crippen MR) is 116 cm³/mol. The minimum absolute atomic E-state index is 0.00265. The number of carbonyl (C=O) groups is 2. The van der Waals surface area contributed by atoms with Crippen molar-refractivity contribution >= 4 is 23.4 Å². The Balaban J connectivity index is 1.32. The third-order valence-corrected chi connectivity index (χ3v) is 5.44. The highest BCUT2D eigenvalue weighted by atomic mass is 35.5. The number of benzene rings is 2. The van der Waals surface area contributed by atoms with Crippen molar-refractivity contribution in [2.45, 2.75) is 43.9 Å². The van der Waals surface area contributed by atoms with E-state index in [0.717, 1.165) is 12.1 Å². The number of rotatable bonds is 8. The molecule has 178 valence electrons. The first-order chi connectivity index (χ1) is 15.7. The fourth-order valence-electron chi connectivity index (χ4n) is 3.49. The Morgan fingerprint density at radius 1 is 0.788 bits per heavy atom. The van der Waals surface area contributed by atoms with Crippen LogP contribution in [0.3, 0.4) is 0 Å². The summed E-state index contributed by atoms with van der Waals surface area (Å²) >= 11 is 5.81. The summed E-state index contributed by atoms with van der Waals surface area (Å²) in [5.74, 6) is 0.172. The highest BCUT2D eigenvalue weighted by Crippen LogP contribution is 2.30. The Morgan fingerprint density at radius 3 is 1.58 bits per heavy atom. The molecule has 0 aromatic heterocycles. The van der Waals surface area contributed by atoms with E-state index < -0.39 is 11.7 Å². The monoisotopic (exact) mass is 484 g/mol. The maximum atomic E-state index is 12.6. The second-order valence-corrected chi connectivity index (χ2v) is 8.17. The Morgan fingerprint density at radius 2 is 1.18 bits per heavy atom. The van der Waals surface area contributed by atoms with Gasteiger partial charge in [0.15, 0.2) is 13.2 Å². The highest BCUT2D eigenvalue weighted by Gasteiger charge is 2.30. The van der Waals surface area contributed by atoms with Crippen LogP contribution in [-0.4, -0.2) is 37.1 Å². The van der Waals surface area contributed by atoms with Gasteiger partial charge in [-0.05, 0) is 74.2 Å². The summed E-state index contributed by atoms with van der Waals surface area (Å²) in [6.45, 7) is -0.385. The summed E-state index contributed by atoms with van der Waals surface area (Å²) in [5, 5.41) is 6.37. The van der Waals surface area contributed by atoms with Gasteiger partial charge in [-0.25, -0.2) is 0 Å². The van der Waals surface area contributed by atoms with E-state index in [-0.39, 0.29) is 42.9 Å². The quantitative estimate of drug-likeness (QED) is 0.583. The van der Waals surface area contributed by atoms with Crippen LogP contribution in [0.25, 0.3) is 0 Å². The molecular formula is C23H24ClF3N2O4. The average molecular weight is 485 g/mol. The Labute approximate surface area is 194 Å². The molecule has 0 unspecified atom stereocenters. The molecule has 3 rings (SSSR count). The van der Waals surface area contributed by atoms with Crippen molar-refractivity contribution in [2.75, 3.05) is 13.2 Å². The first-order valence-electron chi connectivity index (χ1n) is 10.5. The van der Waals surface area contributed by atoms with Crippen LogP contribution in [-0.2, 0) is 15.8 Å². The molecule has 0 bridgehead atoms. The maximum Gasteiger partial charge on any atom is 0.416 e. The average Bonchev–Trinajstić information content (AvgIpc) is 2.78. The molecule has 0 atom stereocenters. The summed E-state index contributed by atoms with van der Waals surface area (Å²) in [5.41, 5.74) is -0.778. The smallest absolute Gasteiger partial charge is 0.416 e. The second kappa shape index (κ2) is 11.3. The van der Waals surface area contributed by atoms with Crippen LogP contribution in [0.2, 0.25) is 5.02 Å². The third kappa shape index (κ3) is 8.16. The molecule has 10 heteroatoms. The number of ether oxygens (including phenoxy) is 2. The van der Waals surface area contributed by atoms with Gasteiger partial charge in [-0.1, -0.05) is 11.6 Å². The number of alkyl halides is 3. The zero-order valence-electron chi connectivity index (χ0n) is 17.7. The van der Waals surface area contributed by atoms with Gasteiger partial charge < -0.3 is 20.1 Å². The van der Waals surface area contributed by atoms with Gasteiger partial charge in [-0.2, -0.15) is 13.2 Å². The first kappa shape index (κ1) is 24.7. The largest absolute Gasteiger partial charge is 0.484 e. The van der Waals surface area contributed by atoms with E-state index in [9.17, 15) is 22.8 Å². The van der Waals surface area contributed by atoms with Gasteiger partial charge in [-0.15, -0.1) is 0 Å². The molecule has 1 saturated carbocycles. The molecule has 2 amide bonds. The molecule has 33 heavy (non-hydrogen) atoms. The van der Waals surface area contributed by atoms with E-state index in [1.807, 2.05) is 0 Å². The van der Waals surface area contributed by atoms with E-state index in [1.165, 1.54) is 12.1 Å². The zero-order chi connectivity index (χ0) is 23.8. The maximum absolute atomic E-state index is 12.6. The van der Waals surface area contributed by atoms with E-state index in [1.54, 1.807) is 24.3 Å². The fourth-order valence-corrected chi connectivity index (χ4v) is 3.62. The lowest BCUT2D eigenvalue weighted by atomic mass is 9.91. The zero-order valence-corrected chi connectivity index (χ0v) is 18.4. The number of amides is 2. The molecule has 0 saturated heterocycles. The summed E-state index contributed by atoms with van der Waals surface area (Å²) in [6, 6.07) is 10.9. The normalized spacial score (nSPS) is 18.3. The van der Waals surface area contributed by atoms with Gasteiger partial charge in [0.05, 0.1) is 5.56 Å². The number of hydrogen-bond donors (Lipinski definition) is 2. The van der Waals surface area contributed by atoms with Crippen molar-refractivity contribution in [2.24, 2.45) is 0 Å². The summed E-state index contributed by atoms with van der Waals surface area (Å²) in [4.78, 5) is 24.2. The molecule has 1 fully saturated rings. The third-order valence-electron chi connectivity index (χ3n) is 5.19. The van der Waals surface area contributed by atoms with Crippen molar-refractivity contribution in [3.8, 4) is 11.5 Å². The lowest BCUT2D eigenvalue weighted by Crippen LogP contribution is -2.45. The minimum Gasteiger partial charge on any atom is -0.484 e. The van der Waals surface area contributed by atoms with Crippen molar-refractivity contribution in [1.29, 1.82) is 0 Å². The lowest BCUT2D eigenvalue weighted by molar-refractivity contribution is -0.137. The van der Waals surface area contributed by atoms with Gasteiger partial charge >= 0.3 is 6.18 Å². The number of carbonyl (C=O) groups excluding carboxylic acids is 2. The lowest BCUT2D eigenvalue weighted by Gasteiger charge is -2.29. The van der Waals surface area contributed by atoms with E-state index in [4.69, 9.17) is 21.1 Å². The van der Waals surface area contributed by atoms with Gasteiger partial charge in [0, 0.05) is 17.1 Å². The highest BCUT2D eigenvalue weighted by molar-refractivity contribution is 6.30. The molecule has 2 aromatic rings. The van der Waals surface area contributed by atoms with Gasteiger partial charge in [0.2, 0.25) is 0 Å². The summed E-state index contributed by atoms with van der Waals surface area (Å²) < 4.78 is 48.4. The Kier molecular flexibility index (Phi) is 8.43. The van der Waals surface area contributed by atoms with Crippen LogP contribution in [0.5, 0.6) is 11.5 Å². The van der Waals surface area contributed by atoms with Crippen LogP contribution in [0.1, 0.15) is 31.2 Å². The molecule has 1 aliphatic carbocycles. The van der Waals surface area contributed by atoms with Crippen molar-refractivity contribution in [3.05, 3.63) is 59.1 Å². The molecular weight excluding hydrogens is 461 g/mol. The van der Waals surface area contributed by atoms with Gasteiger partial charge in [0.1, 0.15) is 11.5 Å². The fraction of sp³-hybridized carbons (Fsp3) is 0.391. The molecule has 0 spiro atoms. The SMILES string of the molecule is O=C(COc1ccc(Cl)cc1)NC1CCC(NC(=O)COc2ccc(C(F)(F)F)cc2)CC1. The van der Waals surface area contributed by atoms with Crippen LogP contribution in [0, 0.1) is 0 Å². The standard InChI is InChI=1S/C23H24ClF3N2O4/c24-16-3-11-20(12-4-16)33-14-22(31)29-18-7-5-17(6-8-18)28-21(30)13-32-19-9-1-15(2-10-19)23(25,26)27/h1-4,9-12,17-18H,5-8,13-14H2,(H,28,30)(H,29,31). The van der Waals surface area contributed by atoms with Crippen molar-refractivity contribution in [3.63, 3.8) is 0 Å². The molecule has 2 N–H and O–H groups in total. The summed E-state index contributed by atoms with van der Waals surface area (Å²) in [6.07, 6.45) is -1.63. The minimum atomic E-state index is -4.42. The predicted octanol–water partition coefficient (Wildman–Crippen LogP) is 4.36. The first-order valence-corrected chi connectivity index (χ1v) is 10.8. The van der Waals surface area contributed by atoms with Crippen LogP contribution in [0.15, 0.2) is 48.5 Å². The Bertz CT molecular complexity index is 928. The van der Waals surface area contributed by atoms with Gasteiger partial charge in [-0.3, -0.25) is 9.59 Å².